The fraction of sp³-hybridized carbons (Fsp3) is 0.0417. The molecule has 0 fully saturated rings. The first-order valence-electron chi connectivity index (χ1n) is 9.74. The van der Waals surface area contributed by atoms with Crippen LogP contribution < -0.4 is 11.1 Å². The lowest BCUT2D eigenvalue weighted by Crippen LogP contribution is -2.08. The summed E-state index contributed by atoms with van der Waals surface area (Å²) in [7, 11) is -4.01. The van der Waals surface area contributed by atoms with E-state index in [-0.39, 0.29) is 26.1 Å². The van der Waals surface area contributed by atoms with Gasteiger partial charge >= 0.3 is 0 Å². The Morgan fingerprint density at radius 2 is 1.48 bits per heavy atom. The molecule has 4 rings (SSSR count). The minimum atomic E-state index is -4.01. The Balaban J connectivity index is 1.89. The van der Waals surface area contributed by atoms with E-state index in [1.807, 2.05) is 31.2 Å². The molecular formula is C24H18Br2N2O3S2. The second-order valence-corrected chi connectivity index (χ2v) is 12.0. The molecule has 9 heteroatoms. The van der Waals surface area contributed by atoms with E-state index in [1.165, 1.54) is 12.1 Å². The Bertz CT molecular complexity index is 1450. The second-order valence-electron chi connectivity index (χ2n) is 7.24. The van der Waals surface area contributed by atoms with E-state index in [4.69, 9.17) is 5.73 Å². The third-order valence-corrected chi connectivity index (χ3v) is 9.16. The Morgan fingerprint density at radius 3 is 2.09 bits per heavy atom. The molecule has 0 saturated carbocycles. The first-order valence-corrected chi connectivity index (χ1v) is 13.6. The van der Waals surface area contributed by atoms with E-state index in [0.29, 0.717) is 10.6 Å². The number of rotatable bonds is 6. The number of benzene rings is 3. The Hall–Kier alpha value is -2.46. The van der Waals surface area contributed by atoms with Gasteiger partial charge in [-0.25, -0.2) is 8.42 Å². The molecule has 168 valence electrons. The predicted octanol–water partition coefficient (Wildman–Crippen LogP) is 6.97. The first kappa shape index (κ1) is 23.7. The van der Waals surface area contributed by atoms with Crippen LogP contribution in [0.1, 0.15) is 20.8 Å². The fourth-order valence-electron chi connectivity index (χ4n) is 3.25. The third-order valence-electron chi connectivity index (χ3n) is 5.00. The van der Waals surface area contributed by atoms with E-state index >= 15 is 0 Å². The van der Waals surface area contributed by atoms with Crippen molar-refractivity contribution in [1.82, 2.24) is 0 Å². The largest absolute Gasteiger partial charge is 0.396 e. The highest BCUT2D eigenvalue weighted by atomic mass is 79.9. The number of thiophene rings is 1. The molecule has 0 aliphatic heterocycles. The predicted molar refractivity (Wildman–Crippen MR) is 140 cm³/mol. The minimum absolute atomic E-state index is 0.0630. The van der Waals surface area contributed by atoms with Crippen LogP contribution in [0.25, 0.3) is 0 Å². The quantitative estimate of drug-likeness (QED) is 0.232. The highest BCUT2D eigenvalue weighted by Crippen LogP contribution is 2.44. The number of nitrogens with one attached hydrogen (secondary N) is 1. The number of ketones is 1. The van der Waals surface area contributed by atoms with Crippen LogP contribution >= 0.6 is 43.2 Å². The van der Waals surface area contributed by atoms with E-state index in [9.17, 15) is 13.2 Å². The lowest BCUT2D eigenvalue weighted by molar-refractivity contribution is 0.104. The van der Waals surface area contributed by atoms with Crippen molar-refractivity contribution in [3.63, 3.8) is 0 Å². The Morgan fingerprint density at radius 1 is 0.909 bits per heavy atom. The molecule has 3 aromatic carbocycles. The van der Waals surface area contributed by atoms with Gasteiger partial charge in [0, 0.05) is 20.2 Å². The molecule has 0 aliphatic rings. The number of carbonyl (C=O) groups excluding carboxylic acids is 1. The average Bonchev–Trinajstić information content (AvgIpc) is 3.12. The zero-order valence-electron chi connectivity index (χ0n) is 17.3. The van der Waals surface area contributed by atoms with Crippen molar-refractivity contribution in [2.24, 2.45) is 0 Å². The van der Waals surface area contributed by atoms with E-state index in [0.717, 1.165) is 31.5 Å². The lowest BCUT2D eigenvalue weighted by atomic mass is 10.1. The van der Waals surface area contributed by atoms with Crippen LogP contribution in [-0.4, -0.2) is 14.2 Å². The second kappa shape index (κ2) is 9.42. The van der Waals surface area contributed by atoms with Gasteiger partial charge in [-0.1, -0.05) is 50.1 Å². The van der Waals surface area contributed by atoms with Gasteiger partial charge in [0.25, 0.3) is 0 Å². The molecule has 0 spiro atoms. The molecular weight excluding hydrogens is 588 g/mol. The molecule has 1 aromatic heterocycles. The number of hydrogen-bond donors (Lipinski definition) is 2. The van der Waals surface area contributed by atoms with Crippen LogP contribution in [0.5, 0.6) is 0 Å². The van der Waals surface area contributed by atoms with Gasteiger partial charge in [0.2, 0.25) is 15.6 Å². The maximum atomic E-state index is 13.6. The average molecular weight is 606 g/mol. The summed E-state index contributed by atoms with van der Waals surface area (Å²) < 4.78 is 28.9. The first-order chi connectivity index (χ1) is 15.7. The standard InChI is InChI=1S/C24H18Br2N2O3S2/c1-14-4-2-3-5-19(14)28-24-23(33(30,31)18-12-10-17(26)11-13-18)20(27)22(32-24)21(29)15-6-8-16(25)9-7-15/h2-13,28H,27H2,1H3. The van der Waals surface area contributed by atoms with Gasteiger partial charge in [-0.15, -0.1) is 11.3 Å². The maximum absolute atomic E-state index is 13.6. The topological polar surface area (TPSA) is 89.3 Å². The van der Waals surface area contributed by atoms with Crippen molar-refractivity contribution in [2.75, 3.05) is 11.1 Å². The van der Waals surface area contributed by atoms with Crippen molar-refractivity contribution in [3.8, 4) is 0 Å². The van der Waals surface area contributed by atoms with Gasteiger partial charge in [-0.2, -0.15) is 0 Å². The Kier molecular flexibility index (Phi) is 6.76. The van der Waals surface area contributed by atoms with Gasteiger partial charge in [-0.05, 0) is 67.1 Å². The molecule has 4 aromatic rings. The van der Waals surface area contributed by atoms with Gasteiger partial charge in [0.15, 0.2) is 0 Å². The van der Waals surface area contributed by atoms with Gasteiger partial charge in [-0.3, -0.25) is 4.79 Å². The number of halogens is 2. The van der Waals surface area contributed by atoms with Crippen molar-refractivity contribution >= 4 is 75.2 Å². The molecule has 0 aliphatic carbocycles. The summed E-state index contributed by atoms with van der Waals surface area (Å²) in [5.74, 6) is -0.338. The van der Waals surface area contributed by atoms with Crippen LogP contribution in [0.4, 0.5) is 16.4 Å². The van der Waals surface area contributed by atoms with Crippen molar-refractivity contribution in [1.29, 1.82) is 0 Å². The van der Waals surface area contributed by atoms with Gasteiger partial charge in [0.1, 0.15) is 14.8 Å². The Labute approximate surface area is 212 Å². The number of anilines is 3. The third kappa shape index (κ3) is 4.77. The van der Waals surface area contributed by atoms with Crippen LogP contribution in [0.15, 0.2) is 91.5 Å². The van der Waals surface area contributed by atoms with Crippen molar-refractivity contribution in [2.45, 2.75) is 16.7 Å². The molecule has 0 radical (unpaired) electrons. The van der Waals surface area contributed by atoms with E-state index < -0.39 is 9.84 Å². The van der Waals surface area contributed by atoms with Crippen LogP contribution in [-0.2, 0) is 9.84 Å². The van der Waals surface area contributed by atoms with Crippen molar-refractivity contribution in [3.05, 3.63) is 97.7 Å². The summed E-state index contributed by atoms with van der Waals surface area (Å²) in [6.07, 6.45) is 0. The fourth-order valence-corrected chi connectivity index (χ4v) is 6.70. The molecule has 0 saturated heterocycles. The zero-order valence-corrected chi connectivity index (χ0v) is 22.1. The molecule has 3 N–H and O–H groups in total. The van der Waals surface area contributed by atoms with E-state index in [2.05, 4.69) is 37.2 Å². The molecule has 0 unspecified atom stereocenters. The van der Waals surface area contributed by atoms with E-state index in [1.54, 1.807) is 36.4 Å². The van der Waals surface area contributed by atoms with Gasteiger partial charge < -0.3 is 11.1 Å². The summed E-state index contributed by atoms with van der Waals surface area (Å²) in [6, 6.07) is 20.7. The summed E-state index contributed by atoms with van der Waals surface area (Å²) in [4.78, 5) is 13.4. The highest BCUT2D eigenvalue weighted by molar-refractivity contribution is 9.10. The number of nitrogens with two attached hydrogens (primary N) is 1. The van der Waals surface area contributed by atoms with Gasteiger partial charge in [0.05, 0.1) is 10.6 Å². The molecule has 0 atom stereocenters. The molecule has 0 amide bonds. The van der Waals surface area contributed by atoms with Crippen LogP contribution in [0, 0.1) is 6.92 Å². The smallest absolute Gasteiger partial charge is 0.211 e. The van der Waals surface area contributed by atoms with Crippen LogP contribution in [0.3, 0.4) is 0 Å². The highest BCUT2D eigenvalue weighted by Gasteiger charge is 2.31. The molecule has 0 bridgehead atoms. The van der Waals surface area contributed by atoms with Crippen molar-refractivity contribution < 1.29 is 13.2 Å². The number of hydrogen-bond acceptors (Lipinski definition) is 6. The SMILES string of the molecule is Cc1ccccc1Nc1sc(C(=O)c2ccc(Br)cc2)c(N)c1S(=O)(=O)c1ccc(Br)cc1. The molecule has 1 heterocycles. The minimum Gasteiger partial charge on any atom is -0.396 e. The monoisotopic (exact) mass is 604 g/mol. The summed E-state index contributed by atoms with van der Waals surface area (Å²) in [5.41, 5.74) is 8.38. The van der Waals surface area contributed by atoms with Crippen LogP contribution in [0.2, 0.25) is 0 Å². The number of para-hydroxylation sites is 1. The normalized spacial score (nSPS) is 11.4. The summed E-state index contributed by atoms with van der Waals surface area (Å²) in [5, 5.41) is 3.49. The number of sulfone groups is 1. The molecule has 5 nitrogen and oxygen atoms in total. The maximum Gasteiger partial charge on any atom is 0.211 e. The lowest BCUT2D eigenvalue weighted by Gasteiger charge is -2.11. The summed E-state index contributed by atoms with van der Waals surface area (Å²) in [6.45, 7) is 1.91. The number of aryl methyl sites for hydroxylation is 1. The molecule has 33 heavy (non-hydrogen) atoms. The number of nitrogen functional groups attached to an aromatic ring is 1. The number of carbonyl (C=O) groups is 1. The summed E-state index contributed by atoms with van der Waals surface area (Å²) >= 11 is 7.72. The zero-order chi connectivity index (χ0) is 23.8.